The number of rotatable bonds is 5. The lowest BCUT2D eigenvalue weighted by Crippen LogP contribution is -2.28. The molecule has 0 aliphatic carbocycles. The molecule has 0 unspecified atom stereocenters. The molecule has 0 radical (unpaired) electrons. The second-order valence-electron chi connectivity index (χ2n) is 1.82. The van der Waals surface area contributed by atoms with Crippen molar-refractivity contribution in [2.45, 2.75) is 6.42 Å². The summed E-state index contributed by atoms with van der Waals surface area (Å²) < 4.78 is 0. The number of hydroxylamine groups is 1. The molecule has 0 rings (SSSR count). The van der Waals surface area contributed by atoms with Crippen molar-refractivity contribution < 1.29 is 10.0 Å². The lowest BCUT2D eigenvalue weighted by molar-refractivity contribution is -0.129. The molecule has 1 amide bonds. The number of hydrogen-bond donors (Lipinski definition) is 4. The molecule has 0 aromatic rings. The van der Waals surface area contributed by atoms with Crippen LogP contribution in [0.4, 0.5) is 0 Å². The van der Waals surface area contributed by atoms with Crippen LogP contribution >= 0.6 is 0 Å². The standard InChI is InChI=1S/C5H13N3O2/c6-2-4-7-3-1-5(9)8-10/h7,10H,1-4,6H2,(H,8,9). The van der Waals surface area contributed by atoms with Crippen LogP contribution in [0.1, 0.15) is 6.42 Å². The molecule has 0 saturated heterocycles. The third-order valence-corrected chi connectivity index (χ3v) is 0.975. The monoisotopic (exact) mass is 147 g/mol. The van der Waals surface area contributed by atoms with Gasteiger partial charge in [0, 0.05) is 26.1 Å². The van der Waals surface area contributed by atoms with E-state index in [0.29, 0.717) is 19.6 Å². The van der Waals surface area contributed by atoms with Crippen LogP contribution in [0.15, 0.2) is 0 Å². The predicted octanol–water partition coefficient (Wildman–Crippen LogP) is -1.57. The first-order valence-corrected chi connectivity index (χ1v) is 3.15. The maximum Gasteiger partial charge on any atom is 0.244 e. The Balaban J connectivity index is 2.96. The molecule has 0 spiro atoms. The zero-order valence-electron chi connectivity index (χ0n) is 5.76. The van der Waals surface area contributed by atoms with E-state index < -0.39 is 0 Å². The van der Waals surface area contributed by atoms with Gasteiger partial charge in [0.15, 0.2) is 0 Å². The van der Waals surface area contributed by atoms with Gasteiger partial charge in [0.2, 0.25) is 5.91 Å². The summed E-state index contributed by atoms with van der Waals surface area (Å²) in [7, 11) is 0. The van der Waals surface area contributed by atoms with Crippen molar-refractivity contribution in [3.05, 3.63) is 0 Å². The van der Waals surface area contributed by atoms with Gasteiger partial charge in [0.1, 0.15) is 0 Å². The Bertz CT molecular complexity index is 96.9. The minimum Gasteiger partial charge on any atom is -0.329 e. The third kappa shape index (κ3) is 5.49. The molecule has 0 atom stereocenters. The van der Waals surface area contributed by atoms with E-state index in [4.69, 9.17) is 10.9 Å². The molecular formula is C5H13N3O2. The summed E-state index contributed by atoms with van der Waals surface area (Å²) in [6, 6.07) is 0. The highest BCUT2D eigenvalue weighted by atomic mass is 16.5. The van der Waals surface area contributed by atoms with Gasteiger partial charge >= 0.3 is 0 Å². The van der Waals surface area contributed by atoms with Gasteiger partial charge in [-0.15, -0.1) is 0 Å². The van der Waals surface area contributed by atoms with Crippen LogP contribution in [0.2, 0.25) is 0 Å². The Labute approximate surface area is 59.5 Å². The number of amides is 1. The van der Waals surface area contributed by atoms with Crippen molar-refractivity contribution in [2.24, 2.45) is 5.73 Å². The van der Waals surface area contributed by atoms with Gasteiger partial charge in [0.25, 0.3) is 0 Å². The number of carbonyl (C=O) groups is 1. The van der Waals surface area contributed by atoms with Gasteiger partial charge in [-0.2, -0.15) is 0 Å². The SMILES string of the molecule is NCCNCCC(=O)NO. The van der Waals surface area contributed by atoms with Crippen LogP contribution in [-0.4, -0.2) is 30.7 Å². The van der Waals surface area contributed by atoms with Gasteiger partial charge in [-0.3, -0.25) is 10.0 Å². The van der Waals surface area contributed by atoms with Crippen LogP contribution in [-0.2, 0) is 4.79 Å². The van der Waals surface area contributed by atoms with E-state index in [1.807, 2.05) is 0 Å². The van der Waals surface area contributed by atoms with Gasteiger partial charge in [-0.05, 0) is 0 Å². The fourth-order valence-electron chi connectivity index (χ4n) is 0.485. The van der Waals surface area contributed by atoms with E-state index in [2.05, 4.69) is 5.32 Å². The Morgan fingerprint density at radius 3 is 2.70 bits per heavy atom. The first kappa shape index (κ1) is 9.35. The molecule has 5 nitrogen and oxygen atoms in total. The van der Waals surface area contributed by atoms with Crippen LogP contribution < -0.4 is 16.5 Å². The summed E-state index contributed by atoms with van der Waals surface area (Å²) in [4.78, 5) is 10.3. The number of nitrogens with one attached hydrogen (secondary N) is 2. The van der Waals surface area contributed by atoms with Gasteiger partial charge in [0.05, 0.1) is 0 Å². The van der Waals surface area contributed by atoms with E-state index >= 15 is 0 Å². The number of nitrogens with two attached hydrogens (primary N) is 1. The fraction of sp³-hybridized carbons (Fsp3) is 0.800. The van der Waals surface area contributed by atoms with Crippen molar-refractivity contribution >= 4 is 5.91 Å². The minimum atomic E-state index is -0.385. The van der Waals surface area contributed by atoms with Crippen LogP contribution in [0.25, 0.3) is 0 Å². The average Bonchev–Trinajstić information content (AvgIpc) is 1.98. The second kappa shape index (κ2) is 6.47. The zero-order valence-corrected chi connectivity index (χ0v) is 5.76. The first-order chi connectivity index (χ1) is 4.81. The summed E-state index contributed by atoms with van der Waals surface area (Å²) in [6.45, 7) is 1.79. The molecule has 0 heterocycles. The largest absolute Gasteiger partial charge is 0.329 e. The minimum absolute atomic E-state index is 0.274. The van der Waals surface area contributed by atoms with Crippen molar-refractivity contribution in [3.63, 3.8) is 0 Å². The van der Waals surface area contributed by atoms with Crippen LogP contribution in [0.3, 0.4) is 0 Å². The molecule has 60 valence electrons. The van der Waals surface area contributed by atoms with Crippen LogP contribution in [0.5, 0.6) is 0 Å². The lowest BCUT2D eigenvalue weighted by Gasteiger charge is -1.99. The normalized spacial score (nSPS) is 9.40. The fourth-order valence-corrected chi connectivity index (χ4v) is 0.485. The van der Waals surface area contributed by atoms with E-state index in [-0.39, 0.29) is 12.3 Å². The Morgan fingerprint density at radius 2 is 2.20 bits per heavy atom. The summed E-state index contributed by atoms with van der Waals surface area (Å²) in [5, 5.41) is 10.9. The van der Waals surface area contributed by atoms with E-state index in [1.165, 1.54) is 5.48 Å². The summed E-state index contributed by atoms with van der Waals surface area (Å²) in [5.74, 6) is -0.385. The highest BCUT2D eigenvalue weighted by Crippen LogP contribution is 1.73. The molecule has 0 saturated carbocycles. The topological polar surface area (TPSA) is 87.4 Å². The molecule has 5 N–H and O–H groups in total. The summed E-state index contributed by atoms with van der Waals surface area (Å²) >= 11 is 0. The van der Waals surface area contributed by atoms with E-state index in [0.717, 1.165) is 0 Å². The maximum atomic E-state index is 10.3. The molecular weight excluding hydrogens is 134 g/mol. The molecule has 0 aromatic heterocycles. The van der Waals surface area contributed by atoms with Gasteiger partial charge in [-0.25, -0.2) is 5.48 Å². The number of carbonyl (C=O) groups excluding carboxylic acids is 1. The Morgan fingerprint density at radius 1 is 1.50 bits per heavy atom. The number of hydrogen-bond acceptors (Lipinski definition) is 4. The average molecular weight is 147 g/mol. The van der Waals surface area contributed by atoms with E-state index in [9.17, 15) is 4.79 Å². The van der Waals surface area contributed by atoms with Crippen molar-refractivity contribution in [1.82, 2.24) is 10.8 Å². The second-order valence-corrected chi connectivity index (χ2v) is 1.82. The Hall–Kier alpha value is -0.650. The lowest BCUT2D eigenvalue weighted by atomic mass is 10.4. The Kier molecular flexibility index (Phi) is 6.05. The smallest absolute Gasteiger partial charge is 0.244 e. The molecule has 10 heavy (non-hydrogen) atoms. The quantitative estimate of drug-likeness (QED) is 0.215. The first-order valence-electron chi connectivity index (χ1n) is 3.15. The van der Waals surface area contributed by atoms with E-state index in [1.54, 1.807) is 0 Å². The molecule has 0 aliphatic rings. The highest BCUT2D eigenvalue weighted by Gasteiger charge is 1.95. The molecule has 0 aromatic carbocycles. The molecule has 0 fully saturated rings. The third-order valence-electron chi connectivity index (χ3n) is 0.975. The van der Waals surface area contributed by atoms with Crippen molar-refractivity contribution in [3.8, 4) is 0 Å². The molecule has 0 bridgehead atoms. The van der Waals surface area contributed by atoms with Crippen molar-refractivity contribution in [2.75, 3.05) is 19.6 Å². The molecule has 5 heteroatoms. The highest BCUT2D eigenvalue weighted by molar-refractivity contribution is 5.74. The predicted molar refractivity (Wildman–Crippen MR) is 36.5 cm³/mol. The summed E-state index contributed by atoms with van der Waals surface area (Å²) in [6.07, 6.45) is 0.274. The van der Waals surface area contributed by atoms with Gasteiger partial charge in [-0.1, -0.05) is 0 Å². The molecule has 0 aliphatic heterocycles. The van der Waals surface area contributed by atoms with Gasteiger partial charge < -0.3 is 11.1 Å². The zero-order chi connectivity index (χ0) is 7.82. The van der Waals surface area contributed by atoms with Crippen LogP contribution in [0, 0.1) is 0 Å². The maximum absolute atomic E-state index is 10.3. The summed E-state index contributed by atoms with van der Waals surface area (Å²) in [5.41, 5.74) is 6.70. The van der Waals surface area contributed by atoms with Crippen molar-refractivity contribution in [1.29, 1.82) is 0 Å².